The summed E-state index contributed by atoms with van der Waals surface area (Å²) in [5, 5.41) is 10.9. The lowest BCUT2D eigenvalue weighted by Crippen LogP contribution is -2.48. The number of aryl methyl sites for hydroxylation is 1. The van der Waals surface area contributed by atoms with Gasteiger partial charge in [0.05, 0.1) is 23.2 Å². The van der Waals surface area contributed by atoms with Crippen molar-refractivity contribution in [3.05, 3.63) is 89.1 Å². The number of benzene rings is 3. The van der Waals surface area contributed by atoms with E-state index in [2.05, 4.69) is 32.4 Å². The first kappa shape index (κ1) is 26.7. The van der Waals surface area contributed by atoms with Crippen LogP contribution in [0.2, 0.25) is 5.02 Å². The second kappa shape index (κ2) is 12.2. The molecule has 0 aliphatic rings. The molecule has 8 nitrogen and oxygen atoms in total. The van der Waals surface area contributed by atoms with Crippen molar-refractivity contribution in [2.75, 3.05) is 13.7 Å². The van der Waals surface area contributed by atoms with E-state index < -0.39 is 22.0 Å². The molecule has 0 aliphatic heterocycles. The lowest BCUT2D eigenvalue weighted by Gasteiger charge is -2.20. The summed E-state index contributed by atoms with van der Waals surface area (Å²) < 4.78 is 34.2. The van der Waals surface area contributed by atoms with Crippen molar-refractivity contribution in [2.24, 2.45) is 0 Å². The molecule has 0 fully saturated rings. The van der Waals surface area contributed by atoms with Gasteiger partial charge in [0, 0.05) is 11.9 Å². The highest BCUT2D eigenvalue weighted by Crippen LogP contribution is 2.35. The van der Waals surface area contributed by atoms with Crippen molar-refractivity contribution in [3.63, 3.8) is 0 Å². The molecule has 4 rings (SSSR count). The van der Waals surface area contributed by atoms with Crippen LogP contribution in [0.1, 0.15) is 24.0 Å². The number of halogens is 1. The fourth-order valence-corrected chi connectivity index (χ4v) is 5.70. The second-order valence-corrected chi connectivity index (χ2v) is 10.8. The molecule has 1 heterocycles. The molecule has 0 spiro atoms. The zero-order chi connectivity index (χ0) is 26.3. The first-order valence-corrected chi connectivity index (χ1v) is 13.8. The summed E-state index contributed by atoms with van der Waals surface area (Å²) in [7, 11) is -2.45. The molecule has 3 N–H and O–H groups in total. The maximum atomic E-state index is 13.3. The number of ether oxygens (including phenoxy) is 1. The van der Waals surface area contributed by atoms with Crippen molar-refractivity contribution >= 4 is 38.4 Å². The number of carbonyl (C=O) groups is 1. The largest absolute Gasteiger partial charge is 0.493 e. The first-order valence-electron chi connectivity index (χ1n) is 12.0. The summed E-state index contributed by atoms with van der Waals surface area (Å²) in [5.41, 5.74) is 2.48. The zero-order valence-electron chi connectivity index (χ0n) is 20.4. The average Bonchev–Trinajstić information content (AvgIpc) is 3.39. The second-order valence-electron chi connectivity index (χ2n) is 8.63. The van der Waals surface area contributed by atoms with Gasteiger partial charge in [-0.1, -0.05) is 60.1 Å². The Morgan fingerprint density at radius 2 is 1.78 bits per heavy atom. The number of fused-ring (bicyclic) bond motifs is 1. The molecule has 10 heteroatoms. The van der Waals surface area contributed by atoms with E-state index in [0.717, 1.165) is 19.3 Å². The Morgan fingerprint density at radius 1 is 1.08 bits per heavy atom. The molecule has 37 heavy (non-hydrogen) atoms. The van der Waals surface area contributed by atoms with E-state index in [1.165, 1.54) is 24.8 Å². The predicted octanol–water partition coefficient (Wildman–Crippen LogP) is 4.25. The monoisotopic (exact) mass is 540 g/mol. The minimum atomic E-state index is -3.95. The quantitative estimate of drug-likeness (QED) is 0.232. The minimum Gasteiger partial charge on any atom is -0.493 e. The number of H-pyrrole nitrogens is 1. The van der Waals surface area contributed by atoms with Crippen LogP contribution in [0, 0.1) is 0 Å². The number of unbranched alkanes of at least 4 members (excludes halogenated alkanes) is 1. The zero-order valence-corrected chi connectivity index (χ0v) is 22.0. The molecular weight excluding hydrogens is 512 g/mol. The summed E-state index contributed by atoms with van der Waals surface area (Å²) >= 11 is 6.41. The van der Waals surface area contributed by atoms with E-state index in [-0.39, 0.29) is 11.3 Å². The van der Waals surface area contributed by atoms with Crippen LogP contribution in [0.4, 0.5) is 0 Å². The van der Waals surface area contributed by atoms with Crippen LogP contribution in [-0.4, -0.2) is 44.2 Å². The Kier molecular flexibility index (Phi) is 8.81. The molecule has 0 saturated carbocycles. The van der Waals surface area contributed by atoms with Gasteiger partial charge in [-0.15, -0.1) is 0 Å². The molecule has 1 atom stereocenters. The minimum absolute atomic E-state index is 0.0711. The van der Waals surface area contributed by atoms with Crippen molar-refractivity contribution in [3.8, 4) is 5.75 Å². The lowest BCUT2D eigenvalue weighted by molar-refractivity contribution is -0.122. The van der Waals surface area contributed by atoms with Crippen molar-refractivity contribution in [2.45, 2.75) is 36.6 Å². The number of aromatic nitrogens is 2. The molecule has 1 amide bonds. The Balaban J connectivity index is 1.51. The smallest absolute Gasteiger partial charge is 0.241 e. The van der Waals surface area contributed by atoms with Crippen LogP contribution >= 0.6 is 11.6 Å². The summed E-state index contributed by atoms with van der Waals surface area (Å²) in [4.78, 5) is 13.3. The summed E-state index contributed by atoms with van der Waals surface area (Å²) in [6.07, 6.45) is 4.24. The molecule has 0 saturated heterocycles. The van der Waals surface area contributed by atoms with Crippen LogP contribution in [-0.2, 0) is 27.7 Å². The van der Waals surface area contributed by atoms with Gasteiger partial charge in [-0.25, -0.2) is 8.42 Å². The Hall–Kier alpha value is -3.40. The van der Waals surface area contributed by atoms with Crippen molar-refractivity contribution in [1.82, 2.24) is 20.2 Å². The van der Waals surface area contributed by atoms with Gasteiger partial charge in [0.15, 0.2) is 5.75 Å². The lowest BCUT2D eigenvalue weighted by atomic mass is 10.0. The van der Waals surface area contributed by atoms with Crippen LogP contribution in [0.3, 0.4) is 0 Å². The Morgan fingerprint density at radius 3 is 2.49 bits per heavy atom. The van der Waals surface area contributed by atoms with Gasteiger partial charge in [0.2, 0.25) is 15.9 Å². The SMILES string of the molecule is COc1c(Cl)cc(CC(NS(=O)(=O)c2ccccc2)C(=O)NCCCCc2ccccc2)c2cn[nH]c12. The van der Waals surface area contributed by atoms with E-state index in [1.807, 2.05) is 18.2 Å². The number of aromatic amines is 1. The van der Waals surface area contributed by atoms with E-state index in [1.54, 1.807) is 30.5 Å². The van der Waals surface area contributed by atoms with Crippen LogP contribution < -0.4 is 14.8 Å². The third-order valence-corrected chi connectivity index (χ3v) is 7.83. The van der Waals surface area contributed by atoms with E-state index in [4.69, 9.17) is 16.3 Å². The average molecular weight is 541 g/mol. The van der Waals surface area contributed by atoms with E-state index in [9.17, 15) is 13.2 Å². The molecule has 3 aromatic carbocycles. The maximum Gasteiger partial charge on any atom is 0.241 e. The normalized spacial score (nSPS) is 12.4. The molecule has 4 aromatic rings. The topological polar surface area (TPSA) is 113 Å². The van der Waals surface area contributed by atoms with Gasteiger partial charge < -0.3 is 10.1 Å². The molecule has 0 radical (unpaired) electrons. The highest BCUT2D eigenvalue weighted by Gasteiger charge is 2.27. The van der Waals surface area contributed by atoms with Crippen LogP contribution in [0.5, 0.6) is 5.75 Å². The molecule has 1 aromatic heterocycles. The standard InChI is InChI=1S/C27H29ClN4O4S/c1-36-26-23(28)16-20(22-18-30-31-25(22)26)17-24(32-37(34,35)21-13-6-3-7-14-21)27(33)29-15-9-8-12-19-10-4-2-5-11-19/h2-7,10-11,13-14,16,18,24,32H,8-9,12,15,17H2,1H3,(H,29,33)(H,30,31). The van der Waals surface area contributed by atoms with Gasteiger partial charge >= 0.3 is 0 Å². The van der Waals surface area contributed by atoms with Crippen LogP contribution in [0.25, 0.3) is 10.9 Å². The molecular formula is C27H29ClN4O4S. The fourth-order valence-electron chi connectivity index (χ4n) is 4.18. The number of hydrogen-bond donors (Lipinski definition) is 3. The van der Waals surface area contributed by atoms with Gasteiger partial charge in [-0.2, -0.15) is 9.82 Å². The Labute approximate surface area is 221 Å². The molecule has 1 unspecified atom stereocenters. The summed E-state index contributed by atoms with van der Waals surface area (Å²) in [6.45, 7) is 0.430. The number of carbonyl (C=O) groups excluding carboxylic acids is 1. The highest BCUT2D eigenvalue weighted by atomic mass is 35.5. The number of nitrogens with zero attached hydrogens (tertiary/aromatic N) is 1. The molecule has 0 aliphatic carbocycles. The number of sulfonamides is 1. The van der Waals surface area contributed by atoms with Crippen molar-refractivity contribution in [1.29, 1.82) is 0 Å². The van der Waals surface area contributed by atoms with E-state index in [0.29, 0.717) is 33.8 Å². The number of amides is 1. The third kappa shape index (κ3) is 6.68. The molecule has 0 bridgehead atoms. The van der Waals surface area contributed by atoms with Gasteiger partial charge in [-0.05, 0) is 55.0 Å². The number of methoxy groups -OCH3 is 1. The summed E-state index contributed by atoms with van der Waals surface area (Å²) in [6, 6.07) is 18.7. The number of hydrogen-bond acceptors (Lipinski definition) is 5. The van der Waals surface area contributed by atoms with E-state index >= 15 is 0 Å². The Bertz CT molecular complexity index is 1440. The van der Waals surface area contributed by atoms with Gasteiger partial charge in [-0.3, -0.25) is 9.89 Å². The number of rotatable bonds is 12. The predicted molar refractivity (Wildman–Crippen MR) is 144 cm³/mol. The van der Waals surface area contributed by atoms with Gasteiger partial charge in [0.1, 0.15) is 11.6 Å². The third-order valence-electron chi connectivity index (χ3n) is 6.06. The first-order chi connectivity index (χ1) is 17.9. The van der Waals surface area contributed by atoms with Crippen LogP contribution in [0.15, 0.2) is 77.8 Å². The highest BCUT2D eigenvalue weighted by molar-refractivity contribution is 7.89. The summed E-state index contributed by atoms with van der Waals surface area (Å²) in [5.74, 6) is 0.0185. The molecule has 194 valence electrons. The maximum absolute atomic E-state index is 13.3. The number of nitrogens with one attached hydrogen (secondary N) is 3. The van der Waals surface area contributed by atoms with Gasteiger partial charge in [0.25, 0.3) is 0 Å². The van der Waals surface area contributed by atoms with Crippen molar-refractivity contribution < 1.29 is 17.9 Å². The fraction of sp³-hybridized carbons (Fsp3) is 0.259.